The highest BCUT2D eigenvalue weighted by molar-refractivity contribution is 5.94. The van der Waals surface area contributed by atoms with Gasteiger partial charge in [0.2, 0.25) is 0 Å². The average molecular weight is 354 g/mol. The third-order valence-corrected chi connectivity index (χ3v) is 4.81. The molecule has 3 aromatic rings. The predicted molar refractivity (Wildman–Crippen MR) is 91.4 cm³/mol. The number of H-pyrrole nitrogens is 2. The Kier molecular flexibility index (Phi) is 3.83. The Morgan fingerprint density at radius 2 is 2.19 bits per heavy atom. The van der Waals surface area contributed by atoms with Crippen LogP contribution in [-0.4, -0.2) is 59.7 Å². The normalized spacial score (nSPS) is 19.8. The molecule has 3 N–H and O–H groups in total. The zero-order valence-corrected chi connectivity index (χ0v) is 14.1. The molecule has 1 aliphatic rings. The van der Waals surface area contributed by atoms with E-state index in [-0.39, 0.29) is 18.4 Å². The number of carboxylic acid groups (broad SMARTS) is 1. The summed E-state index contributed by atoms with van der Waals surface area (Å²) in [5.74, 6) is -1.67. The van der Waals surface area contributed by atoms with Crippen LogP contribution in [0.4, 0.5) is 0 Å². The van der Waals surface area contributed by atoms with E-state index in [9.17, 15) is 14.7 Å². The number of aromatic amines is 2. The van der Waals surface area contributed by atoms with Crippen LogP contribution in [0.1, 0.15) is 22.2 Å². The summed E-state index contributed by atoms with van der Waals surface area (Å²) in [6.07, 6.45) is 5.14. The van der Waals surface area contributed by atoms with Gasteiger partial charge in [-0.3, -0.25) is 14.7 Å². The van der Waals surface area contributed by atoms with Crippen molar-refractivity contribution in [2.24, 2.45) is 13.0 Å². The second-order valence-electron chi connectivity index (χ2n) is 6.41. The average Bonchev–Trinajstić information content (AvgIpc) is 3.38. The lowest BCUT2D eigenvalue weighted by molar-refractivity contribution is -0.141. The van der Waals surface area contributed by atoms with E-state index < -0.39 is 11.9 Å². The van der Waals surface area contributed by atoms with E-state index in [0.29, 0.717) is 23.8 Å². The zero-order valence-electron chi connectivity index (χ0n) is 14.1. The number of amides is 1. The van der Waals surface area contributed by atoms with Crippen molar-refractivity contribution in [1.29, 1.82) is 0 Å². The number of likely N-dealkylation sites (tertiary alicyclic amines) is 1. The topological polar surface area (TPSA) is 120 Å². The van der Waals surface area contributed by atoms with Gasteiger partial charge in [0.1, 0.15) is 17.2 Å². The molecule has 9 nitrogen and oxygen atoms in total. The first-order valence-electron chi connectivity index (χ1n) is 8.23. The van der Waals surface area contributed by atoms with Crippen LogP contribution in [0.3, 0.4) is 0 Å². The molecule has 3 aromatic heterocycles. The van der Waals surface area contributed by atoms with Crippen molar-refractivity contribution in [2.45, 2.75) is 5.92 Å². The molecule has 0 spiro atoms. The highest BCUT2D eigenvalue weighted by Gasteiger charge is 2.42. The highest BCUT2D eigenvalue weighted by atomic mass is 16.4. The number of carbonyl (C=O) groups excluding carboxylic acids is 1. The van der Waals surface area contributed by atoms with Crippen molar-refractivity contribution in [3.05, 3.63) is 48.3 Å². The lowest BCUT2D eigenvalue weighted by Crippen LogP contribution is -2.30. The van der Waals surface area contributed by atoms with Crippen LogP contribution in [0.15, 0.2) is 36.8 Å². The number of aromatic nitrogens is 5. The summed E-state index contributed by atoms with van der Waals surface area (Å²) in [5, 5.41) is 16.5. The maximum absolute atomic E-state index is 12.8. The molecule has 0 radical (unpaired) electrons. The van der Waals surface area contributed by atoms with Gasteiger partial charge in [0, 0.05) is 44.6 Å². The van der Waals surface area contributed by atoms with Crippen molar-refractivity contribution in [3.8, 4) is 11.4 Å². The Morgan fingerprint density at radius 3 is 2.85 bits per heavy atom. The molecule has 0 bridgehead atoms. The monoisotopic (exact) mass is 354 g/mol. The van der Waals surface area contributed by atoms with E-state index >= 15 is 0 Å². The number of aryl methyl sites for hydroxylation is 1. The summed E-state index contributed by atoms with van der Waals surface area (Å²) in [5.41, 5.74) is 1.89. The summed E-state index contributed by atoms with van der Waals surface area (Å²) < 4.78 is 1.91. The number of nitrogens with zero attached hydrogens (tertiary/aromatic N) is 4. The quantitative estimate of drug-likeness (QED) is 0.647. The Hall–Kier alpha value is -3.36. The molecule has 0 unspecified atom stereocenters. The third kappa shape index (κ3) is 2.67. The van der Waals surface area contributed by atoms with Gasteiger partial charge in [0.15, 0.2) is 0 Å². The van der Waals surface area contributed by atoms with E-state index in [1.54, 1.807) is 18.5 Å². The molecule has 26 heavy (non-hydrogen) atoms. The van der Waals surface area contributed by atoms with Crippen molar-refractivity contribution in [3.63, 3.8) is 0 Å². The van der Waals surface area contributed by atoms with Crippen LogP contribution in [0, 0.1) is 5.92 Å². The minimum absolute atomic E-state index is 0.137. The van der Waals surface area contributed by atoms with Crippen LogP contribution < -0.4 is 0 Å². The molecule has 4 heterocycles. The van der Waals surface area contributed by atoms with Gasteiger partial charge in [-0.15, -0.1) is 0 Å². The first kappa shape index (κ1) is 16.1. The molecule has 4 rings (SSSR count). The van der Waals surface area contributed by atoms with Crippen LogP contribution >= 0.6 is 0 Å². The van der Waals surface area contributed by atoms with Crippen molar-refractivity contribution in [2.75, 3.05) is 13.1 Å². The van der Waals surface area contributed by atoms with Gasteiger partial charge in [0.25, 0.3) is 5.91 Å². The number of rotatable bonds is 4. The second kappa shape index (κ2) is 6.17. The van der Waals surface area contributed by atoms with Gasteiger partial charge in [-0.25, -0.2) is 4.98 Å². The number of carboxylic acids is 1. The van der Waals surface area contributed by atoms with Crippen LogP contribution in [0.2, 0.25) is 0 Å². The SMILES string of the molecule is Cn1cccc1-c1cc(C(=O)N2C[C@@H](C(=O)O)[C@H](c3ncc[nH]3)C2)[nH]n1. The largest absolute Gasteiger partial charge is 0.481 e. The minimum atomic E-state index is -0.934. The Morgan fingerprint density at radius 1 is 1.35 bits per heavy atom. The van der Waals surface area contributed by atoms with Gasteiger partial charge in [-0.05, 0) is 18.2 Å². The summed E-state index contributed by atoms with van der Waals surface area (Å²) in [6.45, 7) is 0.430. The van der Waals surface area contributed by atoms with Crippen molar-refractivity contribution in [1.82, 2.24) is 29.6 Å². The maximum Gasteiger partial charge on any atom is 0.309 e. The predicted octanol–water partition coefficient (Wildman–Crippen LogP) is 1.08. The van der Waals surface area contributed by atoms with Crippen LogP contribution in [0.5, 0.6) is 0 Å². The maximum atomic E-state index is 12.8. The van der Waals surface area contributed by atoms with Gasteiger partial charge in [-0.2, -0.15) is 5.10 Å². The van der Waals surface area contributed by atoms with Crippen molar-refractivity contribution >= 4 is 11.9 Å². The summed E-state index contributed by atoms with van der Waals surface area (Å²) in [6, 6.07) is 5.50. The zero-order chi connectivity index (χ0) is 18.3. The van der Waals surface area contributed by atoms with E-state index in [2.05, 4.69) is 20.2 Å². The Labute approximate surface area is 148 Å². The van der Waals surface area contributed by atoms with E-state index in [1.807, 2.05) is 29.9 Å². The van der Waals surface area contributed by atoms with Gasteiger partial charge in [0.05, 0.1) is 11.6 Å². The Bertz CT molecular complexity index is 942. The van der Waals surface area contributed by atoms with E-state index in [4.69, 9.17) is 0 Å². The van der Waals surface area contributed by atoms with E-state index in [1.165, 1.54) is 4.90 Å². The summed E-state index contributed by atoms with van der Waals surface area (Å²) >= 11 is 0. The molecular weight excluding hydrogens is 336 g/mol. The molecule has 0 aliphatic carbocycles. The minimum Gasteiger partial charge on any atom is -0.481 e. The molecule has 1 fully saturated rings. The molecule has 1 amide bonds. The number of carbonyl (C=O) groups is 2. The number of hydrogen-bond donors (Lipinski definition) is 3. The number of nitrogens with one attached hydrogen (secondary N) is 2. The first-order valence-corrected chi connectivity index (χ1v) is 8.23. The van der Waals surface area contributed by atoms with E-state index in [0.717, 1.165) is 5.69 Å². The standard InChI is InChI=1S/C17H18N6O3/c1-22-6-2-3-14(22)12-7-13(21-20-12)16(24)23-8-10(11(9-23)17(25)26)15-18-4-5-19-15/h2-7,10-11H,8-9H2,1H3,(H,18,19)(H,20,21)(H,25,26)/t10-,11-/m1/s1. The molecule has 1 saturated heterocycles. The molecular formula is C17H18N6O3. The highest BCUT2D eigenvalue weighted by Crippen LogP contribution is 2.32. The lowest BCUT2D eigenvalue weighted by atomic mass is 9.96. The smallest absolute Gasteiger partial charge is 0.309 e. The fourth-order valence-electron chi connectivity index (χ4n) is 3.44. The lowest BCUT2D eigenvalue weighted by Gasteiger charge is -2.14. The first-order chi connectivity index (χ1) is 12.5. The van der Waals surface area contributed by atoms with Gasteiger partial charge < -0.3 is 19.6 Å². The van der Waals surface area contributed by atoms with Gasteiger partial charge >= 0.3 is 5.97 Å². The summed E-state index contributed by atoms with van der Waals surface area (Å²) in [7, 11) is 1.90. The third-order valence-electron chi connectivity index (χ3n) is 4.81. The summed E-state index contributed by atoms with van der Waals surface area (Å²) in [4.78, 5) is 33.1. The van der Waals surface area contributed by atoms with Crippen LogP contribution in [-0.2, 0) is 11.8 Å². The molecule has 0 aromatic carbocycles. The molecule has 2 atom stereocenters. The van der Waals surface area contributed by atoms with Crippen molar-refractivity contribution < 1.29 is 14.7 Å². The van der Waals surface area contributed by atoms with Crippen LogP contribution in [0.25, 0.3) is 11.4 Å². The second-order valence-corrected chi connectivity index (χ2v) is 6.41. The molecule has 134 valence electrons. The molecule has 0 saturated carbocycles. The van der Waals surface area contributed by atoms with Gasteiger partial charge in [-0.1, -0.05) is 0 Å². The fourth-order valence-corrected chi connectivity index (χ4v) is 3.44. The number of hydrogen-bond acceptors (Lipinski definition) is 4. The number of imidazole rings is 1. The number of aliphatic carboxylic acids is 1. The molecule has 1 aliphatic heterocycles. The Balaban J connectivity index is 1.56. The molecule has 9 heteroatoms. The fraction of sp³-hybridized carbons (Fsp3) is 0.294.